The van der Waals surface area contributed by atoms with Crippen LogP contribution in [0.1, 0.15) is 19.8 Å². The highest BCUT2D eigenvalue weighted by Crippen LogP contribution is 2.17. The van der Waals surface area contributed by atoms with Crippen LogP contribution in [0, 0.1) is 0 Å². The Morgan fingerprint density at radius 1 is 1.29 bits per heavy atom. The first kappa shape index (κ1) is 12.6. The van der Waals surface area contributed by atoms with Crippen molar-refractivity contribution in [3.8, 4) is 0 Å². The molecule has 0 saturated carbocycles. The number of thioether (sulfide) groups is 2. The number of aromatic nitrogens is 5. The molecule has 0 atom stereocenters. The van der Waals surface area contributed by atoms with Crippen molar-refractivity contribution in [3.05, 3.63) is 6.33 Å². The van der Waals surface area contributed by atoms with Gasteiger partial charge in [0.2, 0.25) is 5.16 Å². The van der Waals surface area contributed by atoms with E-state index in [4.69, 9.17) is 5.84 Å². The highest BCUT2D eigenvalue weighted by Gasteiger charge is 2.09. The minimum atomic E-state index is 0.575. The molecule has 0 aromatic carbocycles. The second-order valence-electron chi connectivity index (χ2n) is 3.55. The Bertz CT molecular complexity index is 465. The molecule has 2 heterocycles. The third-order valence-corrected chi connectivity index (χ3v) is 4.47. The molecular formula is C9H16N6S2. The average molecular weight is 272 g/mol. The number of nitrogen functional groups attached to an aromatic ring is 1. The first-order valence-corrected chi connectivity index (χ1v) is 7.71. The van der Waals surface area contributed by atoms with Crippen LogP contribution in [-0.2, 0) is 0 Å². The molecule has 2 aromatic heterocycles. The second-order valence-corrected chi connectivity index (χ2v) is 5.83. The van der Waals surface area contributed by atoms with E-state index in [1.165, 1.54) is 29.6 Å². The number of nitrogens with two attached hydrogens (primary N) is 1. The van der Waals surface area contributed by atoms with E-state index >= 15 is 0 Å². The zero-order valence-corrected chi connectivity index (χ0v) is 11.4. The van der Waals surface area contributed by atoms with Gasteiger partial charge in [-0.3, -0.25) is 0 Å². The first-order chi connectivity index (χ1) is 8.33. The largest absolute Gasteiger partial charge is 0.335 e. The van der Waals surface area contributed by atoms with Gasteiger partial charge in [0.05, 0.1) is 0 Å². The third kappa shape index (κ3) is 3.06. The predicted octanol–water partition coefficient (Wildman–Crippen LogP) is 1.26. The Labute approximate surface area is 108 Å². The van der Waals surface area contributed by atoms with Gasteiger partial charge in [0.15, 0.2) is 0 Å². The van der Waals surface area contributed by atoms with Crippen LogP contribution in [0.5, 0.6) is 0 Å². The molecule has 0 aliphatic rings. The predicted molar refractivity (Wildman–Crippen MR) is 71.9 cm³/mol. The van der Waals surface area contributed by atoms with Crippen molar-refractivity contribution in [2.24, 2.45) is 0 Å². The van der Waals surface area contributed by atoms with E-state index in [2.05, 4.69) is 22.2 Å². The quantitative estimate of drug-likeness (QED) is 0.465. The fraction of sp³-hybridized carbons (Fsp3) is 0.667. The molecule has 0 fully saturated rings. The zero-order valence-electron chi connectivity index (χ0n) is 9.74. The van der Waals surface area contributed by atoms with Gasteiger partial charge in [-0.25, -0.2) is 4.68 Å². The lowest BCUT2D eigenvalue weighted by Gasteiger charge is -1.98. The molecule has 0 aliphatic carbocycles. The van der Waals surface area contributed by atoms with Gasteiger partial charge in [0.25, 0.3) is 5.78 Å². The van der Waals surface area contributed by atoms with Gasteiger partial charge in [0, 0.05) is 11.5 Å². The standard InChI is InChI=1S/C9H16N6S2/c1-2-3-4-16-5-6-17-9-13-12-8-14(10)7-11-15(8)9/h7H,2-6,10H2,1H3. The zero-order chi connectivity index (χ0) is 12.1. The van der Waals surface area contributed by atoms with Crippen molar-refractivity contribution in [2.75, 3.05) is 23.1 Å². The smallest absolute Gasteiger partial charge is 0.273 e. The van der Waals surface area contributed by atoms with Crippen LogP contribution in [0.4, 0.5) is 0 Å². The fourth-order valence-electron chi connectivity index (χ4n) is 1.31. The number of rotatable bonds is 7. The summed E-state index contributed by atoms with van der Waals surface area (Å²) in [6.45, 7) is 2.21. The Hall–Kier alpha value is -0.890. The number of unbranched alkanes of at least 4 members (excludes halogenated alkanes) is 1. The van der Waals surface area contributed by atoms with Crippen molar-refractivity contribution < 1.29 is 0 Å². The van der Waals surface area contributed by atoms with Crippen LogP contribution in [0.15, 0.2) is 11.5 Å². The lowest BCUT2D eigenvalue weighted by Crippen LogP contribution is -2.06. The Kier molecular flexibility index (Phi) is 4.55. The van der Waals surface area contributed by atoms with Crippen LogP contribution < -0.4 is 5.84 Å². The van der Waals surface area contributed by atoms with Crippen molar-refractivity contribution in [1.29, 1.82) is 0 Å². The highest BCUT2D eigenvalue weighted by molar-refractivity contribution is 8.02. The van der Waals surface area contributed by atoms with Gasteiger partial charge in [-0.1, -0.05) is 25.1 Å². The van der Waals surface area contributed by atoms with Crippen LogP contribution in [0.2, 0.25) is 0 Å². The van der Waals surface area contributed by atoms with Gasteiger partial charge in [-0.2, -0.15) is 21.4 Å². The molecule has 0 spiro atoms. The first-order valence-electron chi connectivity index (χ1n) is 5.57. The maximum Gasteiger partial charge on any atom is 0.273 e. The van der Waals surface area contributed by atoms with E-state index in [1.807, 2.05) is 11.8 Å². The molecule has 2 N–H and O–H groups in total. The Morgan fingerprint density at radius 2 is 2.18 bits per heavy atom. The number of hydrogen-bond acceptors (Lipinski definition) is 6. The average Bonchev–Trinajstić information content (AvgIpc) is 2.88. The van der Waals surface area contributed by atoms with E-state index in [9.17, 15) is 0 Å². The maximum absolute atomic E-state index is 5.62. The molecule has 0 saturated heterocycles. The molecule has 17 heavy (non-hydrogen) atoms. The van der Waals surface area contributed by atoms with E-state index in [0.29, 0.717) is 5.78 Å². The summed E-state index contributed by atoms with van der Waals surface area (Å²) < 4.78 is 3.04. The van der Waals surface area contributed by atoms with E-state index in [1.54, 1.807) is 16.3 Å². The molecule has 0 amide bonds. The molecule has 0 unspecified atom stereocenters. The molecule has 0 aliphatic heterocycles. The van der Waals surface area contributed by atoms with Crippen LogP contribution in [0.25, 0.3) is 5.78 Å². The lowest BCUT2D eigenvalue weighted by atomic mass is 10.4. The van der Waals surface area contributed by atoms with E-state index in [0.717, 1.165) is 16.7 Å². The highest BCUT2D eigenvalue weighted by atomic mass is 32.2. The summed E-state index contributed by atoms with van der Waals surface area (Å²) in [7, 11) is 0. The molecular weight excluding hydrogens is 256 g/mol. The number of fused-ring (bicyclic) bond motifs is 1. The summed E-state index contributed by atoms with van der Waals surface area (Å²) in [4.78, 5) is 0. The summed E-state index contributed by atoms with van der Waals surface area (Å²) in [5.41, 5.74) is 0. The van der Waals surface area contributed by atoms with Crippen LogP contribution >= 0.6 is 23.5 Å². The summed E-state index contributed by atoms with van der Waals surface area (Å²) in [6.07, 6.45) is 4.09. The Balaban J connectivity index is 1.79. The van der Waals surface area contributed by atoms with E-state index < -0.39 is 0 Å². The normalized spacial score (nSPS) is 11.4. The molecule has 0 bridgehead atoms. The summed E-state index contributed by atoms with van der Waals surface area (Å²) >= 11 is 3.65. The maximum atomic E-state index is 5.62. The van der Waals surface area contributed by atoms with Crippen molar-refractivity contribution in [2.45, 2.75) is 24.9 Å². The summed E-state index contributed by atoms with van der Waals surface area (Å²) in [5, 5.41) is 12.9. The third-order valence-electron chi connectivity index (χ3n) is 2.22. The molecule has 2 aromatic rings. The van der Waals surface area contributed by atoms with Gasteiger partial charge in [0.1, 0.15) is 6.33 Å². The summed E-state index contributed by atoms with van der Waals surface area (Å²) in [6, 6.07) is 0. The van der Waals surface area contributed by atoms with Gasteiger partial charge >= 0.3 is 0 Å². The second kappa shape index (κ2) is 6.15. The Morgan fingerprint density at radius 3 is 3.00 bits per heavy atom. The molecule has 0 radical (unpaired) electrons. The summed E-state index contributed by atoms with van der Waals surface area (Å²) in [5.74, 6) is 9.58. The SMILES string of the molecule is CCCCSCCSc1nnc2n(N)cnn12. The molecule has 2 rings (SSSR count). The van der Waals surface area contributed by atoms with Gasteiger partial charge < -0.3 is 5.84 Å². The number of nitrogens with zero attached hydrogens (tertiary/aromatic N) is 5. The van der Waals surface area contributed by atoms with Crippen LogP contribution in [0.3, 0.4) is 0 Å². The van der Waals surface area contributed by atoms with Crippen molar-refractivity contribution in [3.63, 3.8) is 0 Å². The molecule has 6 nitrogen and oxygen atoms in total. The minimum Gasteiger partial charge on any atom is -0.335 e. The van der Waals surface area contributed by atoms with Gasteiger partial charge in [-0.05, 0) is 12.2 Å². The van der Waals surface area contributed by atoms with Crippen LogP contribution in [-0.4, -0.2) is 41.7 Å². The molecule has 8 heteroatoms. The fourth-order valence-corrected chi connectivity index (χ4v) is 3.34. The van der Waals surface area contributed by atoms with E-state index in [-0.39, 0.29) is 0 Å². The van der Waals surface area contributed by atoms with Crippen molar-refractivity contribution >= 4 is 29.3 Å². The topological polar surface area (TPSA) is 74.0 Å². The molecule has 94 valence electrons. The monoisotopic (exact) mass is 272 g/mol. The van der Waals surface area contributed by atoms with Gasteiger partial charge in [-0.15, -0.1) is 10.2 Å². The van der Waals surface area contributed by atoms with Crippen molar-refractivity contribution in [1.82, 2.24) is 24.5 Å². The minimum absolute atomic E-state index is 0.575. The lowest BCUT2D eigenvalue weighted by molar-refractivity contribution is 0.820. The number of hydrogen-bond donors (Lipinski definition) is 1.